The van der Waals surface area contributed by atoms with E-state index < -0.39 is 5.54 Å². The zero-order valence-corrected chi connectivity index (χ0v) is 10.8. The third-order valence-electron chi connectivity index (χ3n) is 4.03. The molecule has 3 N–H and O–H groups in total. The molecule has 1 fully saturated rings. The number of amides is 1. The van der Waals surface area contributed by atoms with Crippen molar-refractivity contribution in [1.29, 1.82) is 0 Å². The Kier molecular flexibility index (Phi) is 3.68. The zero-order valence-electron chi connectivity index (χ0n) is 10.8. The Hall–Kier alpha value is -1.39. The lowest BCUT2D eigenvalue weighted by atomic mass is 10.2. The van der Waals surface area contributed by atoms with Crippen molar-refractivity contribution in [2.45, 2.75) is 19.1 Å². The van der Waals surface area contributed by atoms with Crippen LogP contribution in [0.4, 0.5) is 0 Å². The van der Waals surface area contributed by atoms with E-state index in [1.807, 2.05) is 37.3 Å². The molecule has 1 aliphatic rings. The minimum Gasteiger partial charge on any atom is -0.376 e. The lowest BCUT2D eigenvalue weighted by Crippen LogP contribution is -2.45. The van der Waals surface area contributed by atoms with Gasteiger partial charge in [-0.05, 0) is 18.5 Å². The second-order valence-electron chi connectivity index (χ2n) is 4.88. The van der Waals surface area contributed by atoms with Gasteiger partial charge in [0, 0.05) is 5.92 Å². The number of carbonyl (C=O) groups is 1. The summed E-state index contributed by atoms with van der Waals surface area (Å²) < 4.78 is 5.67. The number of nitrogens with two attached hydrogens (primary N) is 1. The number of likely N-dealkylation sites (N-methyl/N-ethyl adjacent to an activating group) is 1. The first-order chi connectivity index (χ1) is 8.63. The van der Waals surface area contributed by atoms with Crippen molar-refractivity contribution in [3.05, 3.63) is 35.9 Å². The van der Waals surface area contributed by atoms with Crippen LogP contribution in [0.15, 0.2) is 30.3 Å². The highest BCUT2D eigenvalue weighted by atomic mass is 16.5. The number of carbonyl (C=O) groups excluding carboxylic acids is 1. The van der Waals surface area contributed by atoms with Crippen molar-refractivity contribution >= 4 is 5.91 Å². The number of benzene rings is 1. The summed E-state index contributed by atoms with van der Waals surface area (Å²) in [6.45, 7) is 3.15. The molecule has 4 heteroatoms. The summed E-state index contributed by atoms with van der Waals surface area (Å²) in [4.78, 5) is 11.5. The largest absolute Gasteiger partial charge is 0.376 e. The van der Waals surface area contributed by atoms with Crippen LogP contribution in [-0.4, -0.2) is 25.1 Å². The summed E-state index contributed by atoms with van der Waals surface area (Å²) >= 11 is 0. The molecule has 1 aromatic rings. The van der Waals surface area contributed by atoms with Crippen LogP contribution in [0.5, 0.6) is 0 Å². The lowest BCUT2D eigenvalue weighted by Gasteiger charge is -2.12. The number of rotatable bonds is 6. The van der Waals surface area contributed by atoms with Crippen molar-refractivity contribution in [1.82, 2.24) is 5.32 Å². The second kappa shape index (κ2) is 5.08. The van der Waals surface area contributed by atoms with Crippen LogP contribution in [0.3, 0.4) is 0 Å². The SMILES string of the molecule is CN[C@@]1(C(N)=O)C(C)C1COCc1ccccc1. The number of hydrogen-bond donors (Lipinski definition) is 2. The van der Waals surface area contributed by atoms with E-state index in [4.69, 9.17) is 10.5 Å². The maximum absolute atomic E-state index is 11.5. The first-order valence-electron chi connectivity index (χ1n) is 6.23. The molecule has 4 nitrogen and oxygen atoms in total. The van der Waals surface area contributed by atoms with Gasteiger partial charge in [-0.1, -0.05) is 37.3 Å². The van der Waals surface area contributed by atoms with Gasteiger partial charge in [-0.25, -0.2) is 0 Å². The fraction of sp³-hybridized carbons (Fsp3) is 0.500. The van der Waals surface area contributed by atoms with Crippen LogP contribution >= 0.6 is 0 Å². The number of hydrogen-bond acceptors (Lipinski definition) is 3. The summed E-state index contributed by atoms with van der Waals surface area (Å²) in [5.41, 5.74) is 6.02. The molecule has 1 saturated carbocycles. The molecule has 2 rings (SSSR count). The van der Waals surface area contributed by atoms with E-state index in [-0.39, 0.29) is 17.7 Å². The van der Waals surface area contributed by atoms with E-state index in [0.717, 1.165) is 5.56 Å². The number of ether oxygens (including phenoxy) is 1. The van der Waals surface area contributed by atoms with Gasteiger partial charge in [-0.3, -0.25) is 4.79 Å². The Balaban J connectivity index is 1.84. The van der Waals surface area contributed by atoms with E-state index in [1.54, 1.807) is 7.05 Å². The Labute approximate surface area is 108 Å². The Morgan fingerprint density at radius 1 is 1.44 bits per heavy atom. The molecule has 1 amide bonds. The quantitative estimate of drug-likeness (QED) is 0.786. The van der Waals surface area contributed by atoms with Crippen LogP contribution in [-0.2, 0) is 16.1 Å². The fourth-order valence-electron chi connectivity index (χ4n) is 2.75. The average molecular weight is 248 g/mol. The van der Waals surface area contributed by atoms with E-state index >= 15 is 0 Å². The highest BCUT2D eigenvalue weighted by molar-refractivity contribution is 5.89. The van der Waals surface area contributed by atoms with E-state index in [9.17, 15) is 4.79 Å². The van der Waals surface area contributed by atoms with Gasteiger partial charge < -0.3 is 15.8 Å². The molecular weight excluding hydrogens is 228 g/mol. The summed E-state index contributed by atoms with van der Waals surface area (Å²) in [6, 6.07) is 10.00. The van der Waals surface area contributed by atoms with Crippen molar-refractivity contribution in [3.8, 4) is 0 Å². The van der Waals surface area contributed by atoms with Crippen LogP contribution in [0.1, 0.15) is 12.5 Å². The summed E-state index contributed by atoms with van der Waals surface area (Å²) in [5, 5.41) is 3.05. The van der Waals surface area contributed by atoms with Crippen LogP contribution in [0.2, 0.25) is 0 Å². The Morgan fingerprint density at radius 3 is 2.61 bits per heavy atom. The molecule has 0 aliphatic heterocycles. The summed E-state index contributed by atoms with van der Waals surface area (Å²) in [5.74, 6) is 0.116. The van der Waals surface area contributed by atoms with E-state index in [1.165, 1.54) is 0 Å². The second-order valence-corrected chi connectivity index (χ2v) is 4.88. The van der Waals surface area contributed by atoms with Crippen LogP contribution < -0.4 is 11.1 Å². The van der Waals surface area contributed by atoms with E-state index in [2.05, 4.69) is 5.32 Å². The minimum atomic E-state index is -0.573. The van der Waals surface area contributed by atoms with Crippen LogP contribution in [0, 0.1) is 11.8 Å². The van der Waals surface area contributed by atoms with Gasteiger partial charge in [0.2, 0.25) is 5.91 Å². The van der Waals surface area contributed by atoms with E-state index in [0.29, 0.717) is 13.2 Å². The van der Waals surface area contributed by atoms with Gasteiger partial charge in [0.05, 0.1) is 13.2 Å². The molecule has 98 valence electrons. The maximum Gasteiger partial charge on any atom is 0.238 e. The number of primary amides is 1. The molecule has 1 aromatic carbocycles. The predicted octanol–water partition coefficient (Wildman–Crippen LogP) is 0.913. The first-order valence-corrected chi connectivity index (χ1v) is 6.23. The number of nitrogens with one attached hydrogen (secondary N) is 1. The van der Waals surface area contributed by atoms with Gasteiger partial charge in [0.15, 0.2) is 0 Å². The monoisotopic (exact) mass is 248 g/mol. The van der Waals surface area contributed by atoms with Gasteiger partial charge in [0.25, 0.3) is 0 Å². The normalized spacial score (nSPS) is 30.1. The van der Waals surface area contributed by atoms with Gasteiger partial charge in [-0.15, -0.1) is 0 Å². The molecule has 0 saturated heterocycles. The summed E-state index contributed by atoms with van der Waals surface area (Å²) in [6.07, 6.45) is 0. The molecule has 2 unspecified atom stereocenters. The van der Waals surface area contributed by atoms with Crippen molar-refractivity contribution in [3.63, 3.8) is 0 Å². The molecule has 18 heavy (non-hydrogen) atoms. The third kappa shape index (κ3) is 2.13. The standard InChI is InChI=1S/C14H20N2O2/c1-10-12(14(10,16-2)13(15)17)9-18-8-11-6-4-3-5-7-11/h3-7,10,12,16H,8-9H2,1-2H3,(H2,15,17)/t10?,12?,14-/m0/s1. The molecule has 1 aliphatic carbocycles. The molecule has 3 atom stereocenters. The Morgan fingerprint density at radius 2 is 2.11 bits per heavy atom. The van der Waals surface area contributed by atoms with Gasteiger partial charge >= 0.3 is 0 Å². The lowest BCUT2D eigenvalue weighted by molar-refractivity contribution is -0.121. The average Bonchev–Trinajstić information content (AvgIpc) is 2.96. The molecule has 0 spiro atoms. The van der Waals surface area contributed by atoms with Crippen molar-refractivity contribution < 1.29 is 9.53 Å². The molecule has 0 radical (unpaired) electrons. The van der Waals surface area contributed by atoms with Gasteiger partial charge in [-0.2, -0.15) is 0 Å². The Bertz CT molecular complexity index is 421. The maximum atomic E-state index is 11.5. The van der Waals surface area contributed by atoms with Gasteiger partial charge in [0.1, 0.15) is 5.54 Å². The summed E-state index contributed by atoms with van der Waals surface area (Å²) in [7, 11) is 1.78. The smallest absolute Gasteiger partial charge is 0.238 e. The molecular formula is C14H20N2O2. The van der Waals surface area contributed by atoms with Crippen molar-refractivity contribution in [2.24, 2.45) is 17.6 Å². The molecule has 0 aromatic heterocycles. The highest BCUT2D eigenvalue weighted by Gasteiger charge is 2.65. The first kappa shape index (κ1) is 13.1. The fourth-order valence-corrected chi connectivity index (χ4v) is 2.75. The third-order valence-corrected chi connectivity index (χ3v) is 4.03. The molecule has 0 heterocycles. The van der Waals surface area contributed by atoms with Crippen LogP contribution in [0.25, 0.3) is 0 Å². The van der Waals surface area contributed by atoms with Crippen molar-refractivity contribution in [2.75, 3.05) is 13.7 Å². The minimum absolute atomic E-state index is 0.170. The highest BCUT2D eigenvalue weighted by Crippen LogP contribution is 2.49. The molecule has 0 bridgehead atoms. The zero-order chi connectivity index (χ0) is 13.2. The predicted molar refractivity (Wildman–Crippen MR) is 69.7 cm³/mol. The topological polar surface area (TPSA) is 64.3 Å².